The molecule has 0 saturated carbocycles. The maximum absolute atomic E-state index is 13.8. The molecular weight excluding hydrogens is 280 g/mol. The molecule has 2 rings (SSSR count). The van der Waals surface area contributed by atoms with Gasteiger partial charge >= 0.3 is 12.1 Å². The highest BCUT2D eigenvalue weighted by atomic mass is 19.4. The predicted molar refractivity (Wildman–Crippen MR) is 62.2 cm³/mol. The van der Waals surface area contributed by atoms with Crippen molar-refractivity contribution in [2.75, 3.05) is 18.0 Å². The van der Waals surface area contributed by atoms with Crippen LogP contribution in [-0.2, 0) is 11.0 Å². The Morgan fingerprint density at radius 1 is 1.30 bits per heavy atom. The summed E-state index contributed by atoms with van der Waals surface area (Å²) in [4.78, 5) is 16.0. The number of rotatable bonds is 2. The van der Waals surface area contributed by atoms with Crippen LogP contribution in [0.5, 0.6) is 0 Å². The first-order chi connectivity index (χ1) is 9.22. The van der Waals surface area contributed by atoms with E-state index in [0.29, 0.717) is 6.20 Å². The lowest BCUT2D eigenvalue weighted by Crippen LogP contribution is -2.46. The summed E-state index contributed by atoms with van der Waals surface area (Å²) in [6.07, 6.45) is -4.18. The highest BCUT2D eigenvalue weighted by Crippen LogP contribution is 2.31. The van der Waals surface area contributed by atoms with Gasteiger partial charge in [-0.2, -0.15) is 13.2 Å². The number of anilines is 1. The van der Waals surface area contributed by atoms with Crippen LogP contribution in [0.2, 0.25) is 0 Å². The molecule has 0 amide bonds. The molecule has 0 bridgehead atoms. The summed E-state index contributed by atoms with van der Waals surface area (Å²) in [5, 5.41) is 8.75. The molecular formula is C12H12F4N2O2. The van der Waals surface area contributed by atoms with Crippen LogP contribution in [0.25, 0.3) is 0 Å². The van der Waals surface area contributed by atoms with E-state index in [1.54, 1.807) is 4.90 Å². The van der Waals surface area contributed by atoms with Crippen molar-refractivity contribution in [1.82, 2.24) is 4.98 Å². The van der Waals surface area contributed by atoms with Gasteiger partial charge in [0.2, 0.25) is 5.67 Å². The highest BCUT2D eigenvalue weighted by molar-refractivity contribution is 5.77. The molecule has 2 heterocycles. The molecule has 8 heteroatoms. The Labute approximate surface area is 112 Å². The molecule has 110 valence electrons. The molecule has 1 fully saturated rings. The maximum Gasteiger partial charge on any atom is 0.417 e. The van der Waals surface area contributed by atoms with E-state index in [0.717, 1.165) is 6.07 Å². The van der Waals surface area contributed by atoms with E-state index >= 15 is 0 Å². The van der Waals surface area contributed by atoms with E-state index in [4.69, 9.17) is 5.11 Å². The van der Waals surface area contributed by atoms with E-state index in [9.17, 15) is 22.4 Å². The Morgan fingerprint density at radius 3 is 2.30 bits per heavy atom. The maximum atomic E-state index is 13.8. The summed E-state index contributed by atoms with van der Waals surface area (Å²) in [6.45, 7) is 0.197. The third-order valence-electron chi connectivity index (χ3n) is 3.34. The van der Waals surface area contributed by atoms with Crippen molar-refractivity contribution < 1.29 is 27.5 Å². The van der Waals surface area contributed by atoms with Crippen LogP contribution >= 0.6 is 0 Å². The molecule has 1 aliphatic rings. The zero-order valence-corrected chi connectivity index (χ0v) is 10.3. The Morgan fingerprint density at radius 2 is 1.90 bits per heavy atom. The number of halogens is 4. The van der Waals surface area contributed by atoms with E-state index in [1.165, 1.54) is 6.07 Å². The lowest BCUT2D eigenvalue weighted by atomic mass is 9.93. The predicted octanol–water partition coefficient (Wildman–Crippen LogP) is 2.49. The van der Waals surface area contributed by atoms with E-state index in [-0.39, 0.29) is 31.7 Å². The molecule has 0 radical (unpaired) electrons. The number of nitrogens with zero attached hydrogens (tertiary/aromatic N) is 2. The summed E-state index contributed by atoms with van der Waals surface area (Å²) >= 11 is 0. The fraction of sp³-hybridized carbons (Fsp3) is 0.500. The van der Waals surface area contributed by atoms with Crippen LogP contribution in [0, 0.1) is 0 Å². The zero-order valence-electron chi connectivity index (χ0n) is 10.3. The van der Waals surface area contributed by atoms with Gasteiger partial charge in [-0.3, -0.25) is 0 Å². The molecule has 1 aromatic rings. The molecule has 0 atom stereocenters. The number of hydrogen-bond donors (Lipinski definition) is 1. The van der Waals surface area contributed by atoms with Gasteiger partial charge in [0.15, 0.2) is 0 Å². The van der Waals surface area contributed by atoms with Gasteiger partial charge in [-0.05, 0) is 12.1 Å². The molecule has 1 saturated heterocycles. The third-order valence-corrected chi connectivity index (χ3v) is 3.34. The molecule has 0 unspecified atom stereocenters. The Bertz CT molecular complexity index is 493. The standard InChI is InChI=1S/C12H12F4N2O2/c13-11(10(19)20)3-5-18(6-4-11)9-2-1-8(7-17-9)12(14,15)16/h1-2,7H,3-6H2,(H,19,20). The molecule has 0 spiro atoms. The number of carboxylic acids is 1. The lowest BCUT2D eigenvalue weighted by molar-refractivity contribution is -0.152. The first-order valence-corrected chi connectivity index (χ1v) is 5.93. The largest absolute Gasteiger partial charge is 0.479 e. The molecule has 0 aliphatic carbocycles. The Kier molecular flexibility index (Phi) is 3.58. The minimum Gasteiger partial charge on any atom is -0.479 e. The number of aromatic nitrogens is 1. The van der Waals surface area contributed by atoms with Crippen LogP contribution in [-0.4, -0.2) is 34.8 Å². The Hall–Kier alpha value is -1.86. The number of alkyl halides is 4. The number of pyridine rings is 1. The van der Waals surface area contributed by atoms with Gasteiger partial charge in [0.25, 0.3) is 0 Å². The number of aliphatic carboxylic acids is 1. The van der Waals surface area contributed by atoms with Crippen LogP contribution in [0.3, 0.4) is 0 Å². The molecule has 20 heavy (non-hydrogen) atoms. The highest BCUT2D eigenvalue weighted by Gasteiger charge is 2.42. The van der Waals surface area contributed by atoms with Crippen LogP contribution < -0.4 is 4.90 Å². The Balaban J connectivity index is 2.06. The monoisotopic (exact) mass is 292 g/mol. The van der Waals surface area contributed by atoms with Gasteiger partial charge in [0.1, 0.15) is 5.82 Å². The number of hydrogen-bond acceptors (Lipinski definition) is 3. The topological polar surface area (TPSA) is 53.4 Å². The average molecular weight is 292 g/mol. The molecule has 1 aromatic heterocycles. The van der Waals surface area contributed by atoms with E-state index < -0.39 is 23.4 Å². The summed E-state index contributed by atoms with van der Waals surface area (Å²) in [5.41, 5.74) is -3.12. The molecule has 1 aliphatic heterocycles. The van der Waals surface area contributed by atoms with Crippen molar-refractivity contribution >= 4 is 11.8 Å². The normalized spacial score (nSPS) is 18.9. The van der Waals surface area contributed by atoms with Crippen LogP contribution in [0.15, 0.2) is 18.3 Å². The minimum absolute atomic E-state index is 0.0984. The van der Waals surface area contributed by atoms with E-state index in [2.05, 4.69) is 4.98 Å². The molecule has 4 nitrogen and oxygen atoms in total. The summed E-state index contributed by atoms with van der Waals surface area (Å²) in [6, 6.07) is 2.10. The van der Waals surface area contributed by atoms with Crippen molar-refractivity contribution in [2.24, 2.45) is 0 Å². The number of carboxylic acid groups (broad SMARTS) is 1. The SMILES string of the molecule is O=C(O)C1(F)CCN(c2ccc(C(F)(F)F)cn2)CC1. The van der Waals surface area contributed by atoms with Gasteiger partial charge in [0, 0.05) is 32.1 Å². The van der Waals surface area contributed by atoms with Crippen LogP contribution in [0.1, 0.15) is 18.4 Å². The quantitative estimate of drug-likeness (QED) is 0.851. The minimum atomic E-state index is -4.45. The fourth-order valence-electron chi connectivity index (χ4n) is 2.04. The summed E-state index contributed by atoms with van der Waals surface area (Å²) in [5.74, 6) is -1.22. The third kappa shape index (κ3) is 2.83. The van der Waals surface area contributed by atoms with Crippen molar-refractivity contribution in [3.8, 4) is 0 Å². The van der Waals surface area contributed by atoms with Gasteiger partial charge in [-0.25, -0.2) is 14.2 Å². The van der Waals surface area contributed by atoms with E-state index in [1.807, 2.05) is 0 Å². The smallest absolute Gasteiger partial charge is 0.417 e. The number of carbonyl (C=O) groups is 1. The zero-order chi connectivity index (χ0) is 15.0. The molecule has 1 N–H and O–H groups in total. The van der Waals surface area contributed by atoms with Gasteiger partial charge in [-0.1, -0.05) is 0 Å². The second-order valence-corrected chi connectivity index (χ2v) is 4.66. The first kappa shape index (κ1) is 14.5. The van der Waals surface area contributed by atoms with Gasteiger partial charge < -0.3 is 10.0 Å². The first-order valence-electron chi connectivity index (χ1n) is 5.93. The van der Waals surface area contributed by atoms with Gasteiger partial charge in [0.05, 0.1) is 5.56 Å². The van der Waals surface area contributed by atoms with Crippen molar-refractivity contribution in [3.63, 3.8) is 0 Å². The van der Waals surface area contributed by atoms with Gasteiger partial charge in [-0.15, -0.1) is 0 Å². The van der Waals surface area contributed by atoms with Crippen molar-refractivity contribution in [1.29, 1.82) is 0 Å². The van der Waals surface area contributed by atoms with Crippen molar-refractivity contribution in [2.45, 2.75) is 24.7 Å². The summed E-state index contributed by atoms with van der Waals surface area (Å²) in [7, 11) is 0. The summed E-state index contributed by atoms with van der Waals surface area (Å²) < 4.78 is 51.0. The van der Waals surface area contributed by atoms with Crippen LogP contribution in [0.4, 0.5) is 23.4 Å². The second-order valence-electron chi connectivity index (χ2n) is 4.66. The average Bonchev–Trinajstić information content (AvgIpc) is 2.38. The second kappa shape index (κ2) is 4.92. The molecule has 0 aromatic carbocycles. The number of piperidine rings is 1. The van der Waals surface area contributed by atoms with Crippen molar-refractivity contribution in [3.05, 3.63) is 23.9 Å². The fourth-order valence-corrected chi connectivity index (χ4v) is 2.04. The lowest BCUT2D eigenvalue weighted by Gasteiger charge is -2.34.